The number of methoxy groups -OCH3 is 1. The second kappa shape index (κ2) is 12.0. The first-order valence-corrected chi connectivity index (χ1v) is 9.27. The van der Waals surface area contributed by atoms with E-state index in [1.807, 2.05) is 0 Å². The molecule has 1 aromatic carbocycles. The minimum absolute atomic E-state index is 0.0121. The lowest BCUT2D eigenvalue weighted by Gasteiger charge is -2.22. The van der Waals surface area contributed by atoms with Gasteiger partial charge in [-0.2, -0.15) is 0 Å². The number of halogens is 1. The molecule has 0 aliphatic rings. The number of amides is 2. The molecule has 0 aromatic heterocycles. The highest BCUT2D eigenvalue weighted by molar-refractivity contribution is 5.90. The average Bonchev–Trinajstić information content (AvgIpc) is 2.64. The number of nitrogens with one attached hydrogen (secondary N) is 2. The van der Waals surface area contributed by atoms with Crippen molar-refractivity contribution in [2.75, 3.05) is 7.11 Å². The van der Waals surface area contributed by atoms with E-state index in [1.54, 1.807) is 18.2 Å². The quantitative estimate of drug-likeness (QED) is 0.456. The standard InChI is InChI=1S/C20H29FN2O4/c1-4-5-6-7-12-17(20(26)27-3)23-19(25)18(22-14(2)24)13-15-10-8-9-11-16(15)21/h8-11,17-18H,4-7,12-13H2,1-3H3,(H,22,24)(H,23,25)/t17-,18-/m1/s1. The summed E-state index contributed by atoms with van der Waals surface area (Å²) in [5, 5.41) is 5.16. The fourth-order valence-electron chi connectivity index (χ4n) is 2.78. The first kappa shape index (κ1) is 22.6. The Bertz CT molecular complexity index is 636. The third kappa shape index (κ3) is 8.19. The van der Waals surface area contributed by atoms with Gasteiger partial charge in [0.1, 0.15) is 17.9 Å². The van der Waals surface area contributed by atoms with Gasteiger partial charge < -0.3 is 15.4 Å². The fourth-order valence-corrected chi connectivity index (χ4v) is 2.78. The fraction of sp³-hybridized carbons (Fsp3) is 0.550. The molecule has 0 unspecified atom stereocenters. The summed E-state index contributed by atoms with van der Waals surface area (Å²) in [4.78, 5) is 36.1. The van der Waals surface area contributed by atoms with Crippen molar-refractivity contribution >= 4 is 17.8 Å². The summed E-state index contributed by atoms with van der Waals surface area (Å²) in [5.41, 5.74) is 0.309. The molecule has 0 fully saturated rings. The third-order valence-electron chi connectivity index (χ3n) is 4.22. The Morgan fingerprint density at radius 3 is 2.37 bits per heavy atom. The molecular weight excluding hydrogens is 351 g/mol. The number of benzene rings is 1. The zero-order valence-corrected chi connectivity index (χ0v) is 16.2. The molecule has 0 spiro atoms. The molecular formula is C20H29FN2O4. The van der Waals surface area contributed by atoms with Crippen molar-refractivity contribution in [1.29, 1.82) is 0 Å². The second-order valence-electron chi connectivity index (χ2n) is 6.48. The van der Waals surface area contributed by atoms with Crippen LogP contribution in [0.2, 0.25) is 0 Å². The third-order valence-corrected chi connectivity index (χ3v) is 4.22. The number of esters is 1. The minimum atomic E-state index is -0.984. The smallest absolute Gasteiger partial charge is 0.328 e. The Balaban J connectivity index is 2.83. The van der Waals surface area contributed by atoms with Gasteiger partial charge in [-0.1, -0.05) is 50.8 Å². The van der Waals surface area contributed by atoms with Crippen LogP contribution in [0.1, 0.15) is 51.5 Å². The van der Waals surface area contributed by atoms with Crippen LogP contribution in [0.5, 0.6) is 0 Å². The highest BCUT2D eigenvalue weighted by Gasteiger charge is 2.27. The summed E-state index contributed by atoms with van der Waals surface area (Å²) in [5.74, 6) is -1.94. The molecule has 0 bridgehead atoms. The van der Waals surface area contributed by atoms with E-state index in [-0.39, 0.29) is 6.42 Å². The largest absolute Gasteiger partial charge is 0.467 e. The Hall–Kier alpha value is -2.44. The zero-order valence-electron chi connectivity index (χ0n) is 16.2. The van der Waals surface area contributed by atoms with Gasteiger partial charge in [0.05, 0.1) is 7.11 Å². The van der Waals surface area contributed by atoms with E-state index in [0.29, 0.717) is 12.0 Å². The molecule has 27 heavy (non-hydrogen) atoms. The van der Waals surface area contributed by atoms with Crippen LogP contribution in [0.15, 0.2) is 24.3 Å². The highest BCUT2D eigenvalue weighted by atomic mass is 19.1. The molecule has 2 N–H and O–H groups in total. The van der Waals surface area contributed by atoms with E-state index in [9.17, 15) is 18.8 Å². The lowest BCUT2D eigenvalue weighted by Crippen LogP contribution is -2.52. The number of ether oxygens (including phenoxy) is 1. The van der Waals surface area contributed by atoms with E-state index >= 15 is 0 Å². The molecule has 7 heteroatoms. The molecule has 0 heterocycles. The van der Waals surface area contributed by atoms with Gasteiger partial charge in [-0.3, -0.25) is 9.59 Å². The SMILES string of the molecule is CCCCCC[C@@H](NC(=O)[C@@H](Cc1ccccc1F)NC(C)=O)C(=O)OC. The van der Waals surface area contributed by atoms with Crippen molar-refractivity contribution in [2.24, 2.45) is 0 Å². The molecule has 1 rings (SSSR count). The second-order valence-corrected chi connectivity index (χ2v) is 6.48. The summed E-state index contributed by atoms with van der Waals surface area (Å²) < 4.78 is 18.7. The molecule has 0 radical (unpaired) electrons. The van der Waals surface area contributed by atoms with Crippen LogP contribution >= 0.6 is 0 Å². The van der Waals surface area contributed by atoms with Gasteiger partial charge in [-0.05, 0) is 18.1 Å². The maximum Gasteiger partial charge on any atom is 0.328 e. The normalized spacial score (nSPS) is 12.7. The van der Waals surface area contributed by atoms with Crippen molar-refractivity contribution in [3.8, 4) is 0 Å². The molecule has 6 nitrogen and oxygen atoms in total. The van der Waals surface area contributed by atoms with Gasteiger partial charge in [-0.25, -0.2) is 9.18 Å². The van der Waals surface area contributed by atoms with Crippen LogP contribution in [-0.4, -0.2) is 37.0 Å². The van der Waals surface area contributed by atoms with Crippen molar-refractivity contribution in [1.82, 2.24) is 10.6 Å². The Morgan fingerprint density at radius 2 is 1.78 bits per heavy atom. The van der Waals surface area contributed by atoms with E-state index in [0.717, 1.165) is 25.7 Å². The van der Waals surface area contributed by atoms with Gasteiger partial charge in [0.25, 0.3) is 0 Å². The Kier molecular flexibility index (Phi) is 10.1. The summed E-state index contributed by atoms with van der Waals surface area (Å²) in [7, 11) is 1.26. The van der Waals surface area contributed by atoms with Crippen LogP contribution in [0.3, 0.4) is 0 Å². The molecule has 0 saturated heterocycles. The van der Waals surface area contributed by atoms with Crippen molar-refractivity contribution in [3.63, 3.8) is 0 Å². The number of hydrogen-bond acceptors (Lipinski definition) is 4. The predicted octanol–water partition coefficient (Wildman–Crippen LogP) is 2.50. The van der Waals surface area contributed by atoms with Crippen LogP contribution in [0, 0.1) is 5.82 Å². The highest BCUT2D eigenvalue weighted by Crippen LogP contribution is 2.11. The van der Waals surface area contributed by atoms with Crippen molar-refractivity contribution < 1.29 is 23.5 Å². The molecule has 150 valence electrons. The average molecular weight is 380 g/mol. The molecule has 1 aromatic rings. The number of rotatable bonds is 11. The van der Waals surface area contributed by atoms with Gasteiger partial charge in [0.2, 0.25) is 11.8 Å². The number of carbonyl (C=O) groups excluding carboxylic acids is 3. The summed E-state index contributed by atoms with van der Waals surface area (Å²) in [6.45, 7) is 3.37. The molecule has 2 amide bonds. The molecule has 0 saturated carbocycles. The van der Waals surface area contributed by atoms with Gasteiger partial charge in [-0.15, -0.1) is 0 Å². The summed E-state index contributed by atoms with van der Waals surface area (Å²) in [6.07, 6.45) is 4.26. The molecule has 2 atom stereocenters. The number of hydrogen-bond donors (Lipinski definition) is 2. The topological polar surface area (TPSA) is 84.5 Å². The lowest BCUT2D eigenvalue weighted by molar-refractivity contribution is -0.145. The zero-order chi connectivity index (χ0) is 20.2. The van der Waals surface area contributed by atoms with E-state index in [1.165, 1.54) is 20.1 Å². The Morgan fingerprint density at radius 1 is 1.07 bits per heavy atom. The Labute approximate surface area is 159 Å². The van der Waals surface area contributed by atoms with Crippen LogP contribution in [-0.2, 0) is 25.5 Å². The van der Waals surface area contributed by atoms with E-state index in [2.05, 4.69) is 17.6 Å². The molecule has 0 aliphatic carbocycles. The van der Waals surface area contributed by atoms with E-state index < -0.39 is 35.7 Å². The molecule has 0 aliphatic heterocycles. The monoisotopic (exact) mass is 380 g/mol. The maximum atomic E-state index is 13.9. The van der Waals surface area contributed by atoms with Crippen LogP contribution < -0.4 is 10.6 Å². The number of carbonyl (C=O) groups is 3. The summed E-state index contributed by atoms with van der Waals surface area (Å²) in [6, 6.07) is 4.28. The van der Waals surface area contributed by atoms with Gasteiger partial charge >= 0.3 is 5.97 Å². The van der Waals surface area contributed by atoms with E-state index in [4.69, 9.17) is 4.74 Å². The van der Waals surface area contributed by atoms with Crippen molar-refractivity contribution in [2.45, 2.75) is 64.5 Å². The minimum Gasteiger partial charge on any atom is -0.467 e. The first-order chi connectivity index (χ1) is 12.9. The van der Waals surface area contributed by atoms with Crippen LogP contribution in [0.25, 0.3) is 0 Å². The van der Waals surface area contributed by atoms with Gasteiger partial charge in [0.15, 0.2) is 0 Å². The van der Waals surface area contributed by atoms with Gasteiger partial charge in [0, 0.05) is 13.3 Å². The lowest BCUT2D eigenvalue weighted by atomic mass is 10.0. The first-order valence-electron chi connectivity index (χ1n) is 9.27. The predicted molar refractivity (Wildman–Crippen MR) is 100 cm³/mol. The summed E-state index contributed by atoms with van der Waals surface area (Å²) >= 11 is 0. The van der Waals surface area contributed by atoms with Crippen molar-refractivity contribution in [3.05, 3.63) is 35.6 Å². The van der Waals surface area contributed by atoms with Crippen LogP contribution in [0.4, 0.5) is 4.39 Å². The number of unbranched alkanes of at least 4 members (excludes halogenated alkanes) is 3. The maximum absolute atomic E-state index is 13.9.